The zero-order valence-electron chi connectivity index (χ0n) is 12.4. The number of ether oxygens (including phenoxy) is 1. The van der Waals surface area contributed by atoms with Crippen LogP contribution in [0.15, 0.2) is 60.7 Å². The van der Waals surface area contributed by atoms with Crippen LogP contribution in [0.1, 0.15) is 28.4 Å². The molecule has 0 N–H and O–H groups in total. The Bertz CT molecular complexity index is 749. The molecule has 4 heteroatoms. The van der Waals surface area contributed by atoms with Crippen molar-refractivity contribution in [3.8, 4) is 6.07 Å². The van der Waals surface area contributed by atoms with E-state index in [1.807, 2.05) is 42.5 Å². The van der Waals surface area contributed by atoms with Crippen molar-refractivity contribution in [2.45, 2.75) is 12.5 Å². The van der Waals surface area contributed by atoms with Gasteiger partial charge in [0.1, 0.15) is 6.10 Å². The van der Waals surface area contributed by atoms with Crippen LogP contribution in [0.25, 0.3) is 0 Å². The fraction of sp³-hybridized carbons (Fsp3) is 0.211. The highest BCUT2D eigenvalue weighted by molar-refractivity contribution is 5.96. The Balaban J connectivity index is 1.88. The van der Waals surface area contributed by atoms with Crippen LogP contribution in [0, 0.1) is 23.2 Å². The summed E-state index contributed by atoms with van der Waals surface area (Å²) in [7, 11) is 0. The van der Waals surface area contributed by atoms with Gasteiger partial charge < -0.3 is 4.74 Å². The van der Waals surface area contributed by atoms with Crippen molar-refractivity contribution in [2.75, 3.05) is 0 Å². The summed E-state index contributed by atoms with van der Waals surface area (Å²) in [5.74, 6) is -2.02. The maximum absolute atomic E-state index is 12.5. The van der Waals surface area contributed by atoms with Gasteiger partial charge in [-0.25, -0.2) is 0 Å². The largest absolute Gasteiger partial charge is 0.456 e. The Morgan fingerprint density at radius 2 is 1.65 bits per heavy atom. The molecule has 0 aromatic heterocycles. The molecule has 114 valence electrons. The van der Waals surface area contributed by atoms with E-state index in [0.717, 1.165) is 5.56 Å². The number of ketones is 1. The Morgan fingerprint density at radius 3 is 2.26 bits per heavy atom. The topological polar surface area (TPSA) is 67.2 Å². The van der Waals surface area contributed by atoms with Crippen molar-refractivity contribution in [1.82, 2.24) is 0 Å². The van der Waals surface area contributed by atoms with Gasteiger partial charge in [0.05, 0.1) is 6.07 Å². The van der Waals surface area contributed by atoms with Gasteiger partial charge in [0, 0.05) is 17.9 Å². The van der Waals surface area contributed by atoms with E-state index >= 15 is 0 Å². The molecule has 0 saturated carbocycles. The van der Waals surface area contributed by atoms with Crippen molar-refractivity contribution in [2.24, 2.45) is 11.8 Å². The zero-order chi connectivity index (χ0) is 16.2. The van der Waals surface area contributed by atoms with Gasteiger partial charge in [-0.2, -0.15) is 5.26 Å². The molecule has 4 nitrogen and oxygen atoms in total. The highest BCUT2D eigenvalue weighted by atomic mass is 16.6. The number of Topliss-reactive ketones (excluding diaryl/α,β-unsaturated/α-hetero) is 1. The summed E-state index contributed by atoms with van der Waals surface area (Å²) in [5.41, 5.74) is 1.39. The maximum atomic E-state index is 12.5. The third-order valence-electron chi connectivity index (χ3n) is 4.10. The molecule has 2 aromatic carbocycles. The summed E-state index contributed by atoms with van der Waals surface area (Å²) >= 11 is 0. The molecule has 1 aliphatic rings. The molecule has 23 heavy (non-hydrogen) atoms. The lowest BCUT2D eigenvalue weighted by Gasteiger charge is -2.18. The van der Waals surface area contributed by atoms with Gasteiger partial charge in [-0.15, -0.1) is 0 Å². The van der Waals surface area contributed by atoms with Crippen molar-refractivity contribution in [3.63, 3.8) is 0 Å². The van der Waals surface area contributed by atoms with Gasteiger partial charge in [-0.05, 0) is 5.56 Å². The summed E-state index contributed by atoms with van der Waals surface area (Å²) in [5, 5.41) is 9.29. The maximum Gasteiger partial charge on any atom is 0.324 e. The lowest BCUT2D eigenvalue weighted by molar-refractivity contribution is -0.143. The third kappa shape index (κ3) is 3.00. The smallest absolute Gasteiger partial charge is 0.324 e. The van der Waals surface area contributed by atoms with E-state index in [1.165, 1.54) is 0 Å². The highest BCUT2D eigenvalue weighted by Gasteiger charge is 2.46. The predicted octanol–water partition coefficient (Wildman–Crippen LogP) is 3.31. The van der Waals surface area contributed by atoms with E-state index in [0.29, 0.717) is 5.56 Å². The van der Waals surface area contributed by atoms with E-state index < -0.39 is 23.9 Å². The minimum Gasteiger partial charge on any atom is -0.456 e. The molecular weight excluding hydrogens is 290 g/mol. The van der Waals surface area contributed by atoms with E-state index in [4.69, 9.17) is 4.74 Å². The van der Waals surface area contributed by atoms with E-state index in [-0.39, 0.29) is 12.2 Å². The molecule has 0 unspecified atom stereocenters. The second-order valence-electron chi connectivity index (χ2n) is 5.53. The van der Waals surface area contributed by atoms with Crippen molar-refractivity contribution in [3.05, 3.63) is 71.8 Å². The Morgan fingerprint density at radius 1 is 1.04 bits per heavy atom. The fourth-order valence-electron chi connectivity index (χ4n) is 2.92. The van der Waals surface area contributed by atoms with Crippen LogP contribution in [0.5, 0.6) is 0 Å². The molecule has 1 saturated heterocycles. The van der Waals surface area contributed by atoms with E-state index in [1.54, 1.807) is 24.3 Å². The molecule has 1 fully saturated rings. The summed E-state index contributed by atoms with van der Waals surface area (Å²) in [6.45, 7) is 0. The fourth-order valence-corrected chi connectivity index (χ4v) is 2.92. The van der Waals surface area contributed by atoms with Crippen molar-refractivity contribution in [1.29, 1.82) is 5.26 Å². The van der Waals surface area contributed by atoms with Gasteiger partial charge in [-0.3, -0.25) is 9.59 Å². The van der Waals surface area contributed by atoms with E-state index in [2.05, 4.69) is 0 Å². The minimum atomic E-state index is -0.909. The summed E-state index contributed by atoms with van der Waals surface area (Å²) in [4.78, 5) is 24.4. The first-order valence-corrected chi connectivity index (χ1v) is 7.44. The minimum absolute atomic E-state index is 0.0879. The van der Waals surface area contributed by atoms with Gasteiger partial charge in [0.2, 0.25) is 0 Å². The van der Waals surface area contributed by atoms with Gasteiger partial charge in [-0.1, -0.05) is 60.7 Å². The van der Waals surface area contributed by atoms with Gasteiger partial charge in [0.25, 0.3) is 0 Å². The average molecular weight is 305 g/mol. The summed E-state index contributed by atoms with van der Waals surface area (Å²) in [6.07, 6.45) is -0.450. The molecule has 2 aromatic rings. The molecule has 0 amide bonds. The standard InChI is InChI=1S/C19H15NO3/c20-12-16-15(11-17(21)13-7-3-1-4-8-13)18(23-19(16)22)14-9-5-2-6-10-14/h1-10,15-16,18H,11H2/t15-,16-,18-/m0/s1. The van der Waals surface area contributed by atoms with Crippen LogP contribution < -0.4 is 0 Å². The number of rotatable bonds is 4. The van der Waals surface area contributed by atoms with Crippen LogP contribution in [0.4, 0.5) is 0 Å². The summed E-state index contributed by atoms with van der Waals surface area (Å²) < 4.78 is 5.39. The second-order valence-corrected chi connectivity index (χ2v) is 5.53. The second kappa shape index (κ2) is 6.45. The molecule has 1 heterocycles. The molecule has 0 aliphatic carbocycles. The molecule has 3 atom stereocenters. The van der Waals surface area contributed by atoms with Gasteiger partial charge in [0.15, 0.2) is 11.7 Å². The first kappa shape index (κ1) is 15.0. The lowest BCUT2D eigenvalue weighted by atomic mass is 9.83. The van der Waals surface area contributed by atoms with Crippen LogP contribution in [0.3, 0.4) is 0 Å². The molecule has 0 spiro atoms. The normalized spacial score (nSPS) is 23.1. The number of cyclic esters (lactones) is 1. The number of carbonyl (C=O) groups excluding carboxylic acids is 2. The lowest BCUT2D eigenvalue weighted by Crippen LogP contribution is -2.19. The Labute approximate surface area is 134 Å². The third-order valence-corrected chi connectivity index (χ3v) is 4.10. The molecule has 1 aliphatic heterocycles. The Kier molecular flexibility index (Phi) is 4.20. The van der Waals surface area contributed by atoms with Crippen molar-refractivity contribution < 1.29 is 14.3 Å². The summed E-state index contributed by atoms with van der Waals surface area (Å²) in [6, 6.07) is 20.1. The molecule has 3 rings (SSSR count). The van der Waals surface area contributed by atoms with Crippen LogP contribution in [-0.2, 0) is 9.53 Å². The number of hydrogen-bond acceptors (Lipinski definition) is 4. The average Bonchev–Trinajstić information content (AvgIpc) is 2.92. The van der Waals surface area contributed by atoms with Gasteiger partial charge >= 0.3 is 5.97 Å². The number of carbonyl (C=O) groups is 2. The number of hydrogen-bond donors (Lipinski definition) is 0. The molecule has 0 radical (unpaired) electrons. The first-order valence-electron chi connectivity index (χ1n) is 7.44. The number of benzene rings is 2. The quantitative estimate of drug-likeness (QED) is 0.642. The number of esters is 1. The zero-order valence-corrected chi connectivity index (χ0v) is 12.4. The SMILES string of the molecule is N#C[C@@H]1C(=O)O[C@@H](c2ccccc2)[C@H]1CC(=O)c1ccccc1. The van der Waals surface area contributed by atoms with Crippen LogP contribution in [0.2, 0.25) is 0 Å². The molecular formula is C19H15NO3. The first-order chi connectivity index (χ1) is 11.2. The Hall–Kier alpha value is -2.93. The molecule has 0 bridgehead atoms. The number of nitriles is 1. The van der Waals surface area contributed by atoms with Crippen LogP contribution >= 0.6 is 0 Å². The van der Waals surface area contributed by atoms with Crippen LogP contribution in [-0.4, -0.2) is 11.8 Å². The highest BCUT2D eigenvalue weighted by Crippen LogP contribution is 2.41. The number of nitrogens with zero attached hydrogens (tertiary/aromatic N) is 1. The van der Waals surface area contributed by atoms with Crippen molar-refractivity contribution >= 4 is 11.8 Å². The van der Waals surface area contributed by atoms with E-state index in [9.17, 15) is 14.9 Å². The predicted molar refractivity (Wildman–Crippen MR) is 83.3 cm³/mol. The monoisotopic (exact) mass is 305 g/mol.